The molecule has 0 bridgehead atoms. The fraction of sp³-hybridized carbons (Fsp3) is 0.714. The van der Waals surface area contributed by atoms with Crippen molar-refractivity contribution < 1.29 is 0 Å². The van der Waals surface area contributed by atoms with Gasteiger partial charge in [-0.2, -0.15) is 0 Å². The summed E-state index contributed by atoms with van der Waals surface area (Å²) in [5.41, 5.74) is 0. The van der Waals surface area contributed by atoms with Gasteiger partial charge in [-0.3, -0.25) is 0 Å². The summed E-state index contributed by atoms with van der Waals surface area (Å²) < 4.78 is 7.73. The van der Waals surface area contributed by atoms with Crippen LogP contribution in [0.1, 0.15) is 40.5 Å². The van der Waals surface area contributed by atoms with Crippen molar-refractivity contribution in [2.75, 3.05) is 5.75 Å². The minimum atomic E-state index is -1.96. The number of hydrogen-bond donors (Lipinski definition) is 0. The van der Waals surface area contributed by atoms with E-state index in [9.17, 15) is 0 Å². The molecule has 16 heavy (non-hydrogen) atoms. The Hall–Kier alpha value is 0.449. The summed E-state index contributed by atoms with van der Waals surface area (Å²) in [4.78, 5) is 0. The molecule has 0 aliphatic heterocycles. The Morgan fingerprint density at radius 2 is 1.69 bits per heavy atom. The second-order valence-electron chi connectivity index (χ2n) is 4.14. The van der Waals surface area contributed by atoms with Crippen molar-refractivity contribution in [3.05, 3.63) is 11.5 Å². The van der Waals surface area contributed by atoms with Gasteiger partial charge in [0.2, 0.25) is 0 Å². The molecule has 0 N–H and O–H groups in total. The summed E-state index contributed by atoms with van der Waals surface area (Å²) in [6.45, 7) is 9.23. The summed E-state index contributed by atoms with van der Waals surface area (Å²) in [5, 5.41) is 2.17. The van der Waals surface area contributed by atoms with Crippen molar-refractivity contribution in [1.82, 2.24) is 0 Å². The molecule has 0 aromatic heterocycles. The van der Waals surface area contributed by atoms with Crippen LogP contribution < -0.4 is 0 Å². The third kappa shape index (κ3) is 6.91. The van der Waals surface area contributed by atoms with Crippen molar-refractivity contribution in [3.63, 3.8) is 0 Å². The molecule has 2 heteroatoms. The molecule has 0 spiro atoms. The van der Waals surface area contributed by atoms with Crippen LogP contribution in [0.15, 0.2) is 11.5 Å². The van der Waals surface area contributed by atoms with Gasteiger partial charge in [-0.1, -0.05) is 0 Å². The standard InChI is InChI=1S/C8H11S.3C2H5.Sn/c1-3-5-7-9-8-6-4-2;3*1-2;/h6,8H,3,5,7H2,1H3;3*1H2,2H3;. The van der Waals surface area contributed by atoms with E-state index in [2.05, 4.69) is 49.0 Å². The molecule has 0 rings (SSSR count). The van der Waals surface area contributed by atoms with Crippen LogP contribution in [0.5, 0.6) is 0 Å². The number of rotatable bonds is 7. The van der Waals surface area contributed by atoms with Crippen LogP contribution in [0, 0.1) is 9.86 Å². The normalized spacial score (nSPS) is 11.5. The van der Waals surface area contributed by atoms with Crippen LogP contribution >= 0.6 is 11.8 Å². The van der Waals surface area contributed by atoms with Crippen molar-refractivity contribution in [3.8, 4) is 9.86 Å². The Morgan fingerprint density at radius 3 is 2.19 bits per heavy atom. The average molecular weight is 345 g/mol. The topological polar surface area (TPSA) is 0 Å². The van der Waals surface area contributed by atoms with Gasteiger partial charge in [-0.25, -0.2) is 0 Å². The van der Waals surface area contributed by atoms with Gasteiger partial charge in [0.1, 0.15) is 0 Å². The molecule has 92 valence electrons. The molecular formula is C14H26SSn. The molecule has 0 saturated heterocycles. The van der Waals surface area contributed by atoms with Gasteiger partial charge in [-0.05, 0) is 0 Å². The molecular weight excluding hydrogens is 319 g/mol. The maximum absolute atomic E-state index is 3.63. The van der Waals surface area contributed by atoms with Crippen LogP contribution in [0.3, 0.4) is 0 Å². The van der Waals surface area contributed by atoms with Crippen molar-refractivity contribution in [2.45, 2.75) is 53.8 Å². The SMILES string of the molecule is CCCCSC=CC#[C][Sn]([CH2]C)([CH2]C)[CH2]C. The predicted octanol–water partition coefficient (Wildman–Crippen LogP) is 5.08. The Balaban J connectivity index is 4.06. The van der Waals surface area contributed by atoms with E-state index < -0.39 is 18.4 Å². The third-order valence-corrected chi connectivity index (χ3v) is 17.6. The quantitative estimate of drug-likeness (QED) is 0.352. The Labute approximate surface area is 111 Å². The van der Waals surface area contributed by atoms with Crippen molar-refractivity contribution >= 4 is 30.1 Å². The zero-order chi connectivity index (χ0) is 12.3. The van der Waals surface area contributed by atoms with Gasteiger partial charge in [0.15, 0.2) is 0 Å². The zero-order valence-electron chi connectivity index (χ0n) is 11.3. The van der Waals surface area contributed by atoms with Gasteiger partial charge in [0, 0.05) is 0 Å². The summed E-state index contributed by atoms with van der Waals surface area (Å²) >= 11 is -0.0719. The molecule has 0 aliphatic rings. The number of hydrogen-bond acceptors (Lipinski definition) is 1. The number of thioether (sulfide) groups is 1. The molecule has 0 unspecified atom stereocenters. The Morgan fingerprint density at radius 1 is 1.06 bits per heavy atom. The Bertz CT molecular complexity index is 235. The van der Waals surface area contributed by atoms with E-state index in [0.29, 0.717) is 0 Å². The van der Waals surface area contributed by atoms with Crippen molar-refractivity contribution in [2.24, 2.45) is 0 Å². The predicted molar refractivity (Wildman–Crippen MR) is 81.5 cm³/mol. The summed E-state index contributed by atoms with van der Waals surface area (Å²) in [6.07, 6.45) is 4.66. The van der Waals surface area contributed by atoms with E-state index in [1.165, 1.54) is 31.9 Å². The van der Waals surface area contributed by atoms with Crippen LogP contribution in [-0.4, -0.2) is 24.1 Å². The molecule has 0 aromatic rings. The van der Waals surface area contributed by atoms with Crippen LogP contribution in [-0.2, 0) is 0 Å². The molecule has 0 amide bonds. The van der Waals surface area contributed by atoms with E-state index in [4.69, 9.17) is 0 Å². The second-order valence-corrected chi connectivity index (χ2v) is 19.2. The van der Waals surface area contributed by atoms with Gasteiger partial charge in [0.25, 0.3) is 0 Å². The van der Waals surface area contributed by atoms with Gasteiger partial charge >= 0.3 is 111 Å². The monoisotopic (exact) mass is 346 g/mol. The molecule has 0 saturated carbocycles. The summed E-state index contributed by atoms with van der Waals surface area (Å²) in [7, 11) is 0. The first-order valence-corrected chi connectivity index (χ1v) is 15.1. The zero-order valence-corrected chi connectivity index (χ0v) is 15.0. The molecule has 0 heterocycles. The minimum absolute atomic E-state index is 1.23. The van der Waals surface area contributed by atoms with Gasteiger partial charge in [0.05, 0.1) is 0 Å². The van der Waals surface area contributed by atoms with E-state index >= 15 is 0 Å². The number of allylic oxidation sites excluding steroid dienone is 1. The van der Waals surface area contributed by atoms with E-state index in [0.717, 1.165) is 0 Å². The summed E-state index contributed by atoms with van der Waals surface area (Å²) in [6, 6.07) is 0. The van der Waals surface area contributed by atoms with E-state index in [-0.39, 0.29) is 0 Å². The van der Waals surface area contributed by atoms with Gasteiger partial charge < -0.3 is 0 Å². The van der Waals surface area contributed by atoms with Crippen LogP contribution in [0.4, 0.5) is 0 Å². The first kappa shape index (κ1) is 16.4. The first-order valence-electron chi connectivity index (χ1n) is 6.54. The molecule has 0 atom stereocenters. The number of unbranched alkanes of at least 4 members (excludes halogenated alkanes) is 1. The fourth-order valence-electron chi connectivity index (χ4n) is 1.59. The molecule has 0 aliphatic carbocycles. The third-order valence-electron chi connectivity index (χ3n) is 3.23. The summed E-state index contributed by atoms with van der Waals surface area (Å²) in [5.74, 6) is 4.53. The molecule has 0 nitrogen and oxygen atoms in total. The molecule has 0 aromatic carbocycles. The van der Waals surface area contributed by atoms with E-state index in [1.54, 1.807) is 0 Å². The van der Waals surface area contributed by atoms with Crippen molar-refractivity contribution in [1.29, 1.82) is 0 Å². The van der Waals surface area contributed by atoms with E-state index in [1.807, 2.05) is 11.8 Å². The fourth-order valence-corrected chi connectivity index (χ4v) is 9.25. The second kappa shape index (κ2) is 10.6. The van der Waals surface area contributed by atoms with Gasteiger partial charge in [-0.15, -0.1) is 0 Å². The van der Waals surface area contributed by atoms with Crippen LogP contribution in [0.2, 0.25) is 13.3 Å². The molecule has 0 radical (unpaired) electrons. The Kier molecular flexibility index (Phi) is 10.9. The average Bonchev–Trinajstić information content (AvgIpc) is 2.34. The molecule has 0 fully saturated rings. The maximum atomic E-state index is 3.63. The van der Waals surface area contributed by atoms with Crippen LogP contribution in [0.25, 0.3) is 0 Å². The first-order chi connectivity index (χ1) is 7.74.